The van der Waals surface area contributed by atoms with Crippen LogP contribution in [0, 0.1) is 0 Å². The smallest absolute Gasteiger partial charge is 0.0835 e. The molecule has 2 aromatic rings. The molecule has 1 N–H and O–H groups in total. The molecule has 1 aromatic heterocycles. The molecule has 0 saturated heterocycles. The summed E-state index contributed by atoms with van der Waals surface area (Å²) < 4.78 is 2.59. The van der Waals surface area contributed by atoms with Gasteiger partial charge in [-0.25, -0.2) is 0 Å². The molecule has 90 valence electrons. The van der Waals surface area contributed by atoms with Gasteiger partial charge in [-0.2, -0.15) is 5.10 Å². The highest BCUT2D eigenvalue weighted by Gasteiger charge is 2.08. The minimum Gasteiger partial charge on any atom is -0.378 e. The van der Waals surface area contributed by atoms with Gasteiger partial charge < -0.3 is 5.32 Å². The van der Waals surface area contributed by atoms with Gasteiger partial charge in [-0.15, -0.1) is 0 Å². The molecule has 0 aliphatic carbocycles. The highest BCUT2D eigenvalue weighted by atomic mass is 79.9. The van der Waals surface area contributed by atoms with Crippen LogP contribution in [0.25, 0.3) is 0 Å². The standard InChI is InChI=1S/C11H10BrCl2N3/c1-17-7(4-5-16-17)6-15-9-3-2-8(12)10(13)11(9)14/h2-5,15H,6H2,1H3. The van der Waals surface area contributed by atoms with E-state index in [9.17, 15) is 0 Å². The van der Waals surface area contributed by atoms with E-state index in [4.69, 9.17) is 23.2 Å². The van der Waals surface area contributed by atoms with E-state index in [-0.39, 0.29) is 0 Å². The third kappa shape index (κ3) is 2.76. The molecule has 0 spiro atoms. The summed E-state index contributed by atoms with van der Waals surface area (Å²) in [6, 6.07) is 5.69. The predicted molar refractivity (Wildman–Crippen MR) is 74.7 cm³/mol. The lowest BCUT2D eigenvalue weighted by atomic mass is 10.3. The van der Waals surface area contributed by atoms with E-state index in [2.05, 4.69) is 26.3 Å². The second kappa shape index (κ2) is 5.29. The molecule has 0 amide bonds. The first-order valence-electron chi connectivity index (χ1n) is 4.94. The van der Waals surface area contributed by atoms with E-state index < -0.39 is 0 Å². The Labute approximate surface area is 118 Å². The van der Waals surface area contributed by atoms with Crippen molar-refractivity contribution < 1.29 is 0 Å². The van der Waals surface area contributed by atoms with E-state index in [1.165, 1.54) is 0 Å². The van der Waals surface area contributed by atoms with Crippen LogP contribution < -0.4 is 5.32 Å². The zero-order chi connectivity index (χ0) is 12.4. The maximum atomic E-state index is 6.13. The molecule has 0 aliphatic rings. The van der Waals surface area contributed by atoms with Crippen LogP contribution in [0.2, 0.25) is 10.0 Å². The lowest BCUT2D eigenvalue weighted by molar-refractivity contribution is 0.720. The average Bonchev–Trinajstić information content (AvgIpc) is 2.71. The van der Waals surface area contributed by atoms with Gasteiger partial charge in [0.25, 0.3) is 0 Å². The van der Waals surface area contributed by atoms with Crippen molar-refractivity contribution in [2.24, 2.45) is 7.05 Å². The number of hydrogen-bond acceptors (Lipinski definition) is 2. The van der Waals surface area contributed by atoms with E-state index >= 15 is 0 Å². The molecular formula is C11H10BrCl2N3. The third-order valence-electron chi connectivity index (χ3n) is 2.42. The van der Waals surface area contributed by atoms with Crippen LogP contribution in [0.4, 0.5) is 5.69 Å². The first-order chi connectivity index (χ1) is 8.09. The number of hydrogen-bond donors (Lipinski definition) is 1. The predicted octanol–water partition coefficient (Wildman–Crippen LogP) is 4.10. The highest BCUT2D eigenvalue weighted by molar-refractivity contribution is 9.10. The number of halogens is 3. The first kappa shape index (κ1) is 12.7. The normalized spacial score (nSPS) is 10.6. The van der Waals surface area contributed by atoms with Gasteiger partial charge in [0, 0.05) is 17.7 Å². The Morgan fingerprint density at radius 3 is 2.71 bits per heavy atom. The fourth-order valence-electron chi connectivity index (χ4n) is 1.42. The van der Waals surface area contributed by atoms with E-state index in [0.717, 1.165) is 15.9 Å². The van der Waals surface area contributed by atoms with Crippen molar-refractivity contribution in [3.05, 3.63) is 44.6 Å². The van der Waals surface area contributed by atoms with Crippen LogP contribution in [0.5, 0.6) is 0 Å². The summed E-state index contributed by atoms with van der Waals surface area (Å²) in [6.45, 7) is 0.647. The first-order valence-corrected chi connectivity index (χ1v) is 6.48. The number of benzene rings is 1. The van der Waals surface area contributed by atoms with Crippen molar-refractivity contribution in [2.45, 2.75) is 6.54 Å². The number of aromatic nitrogens is 2. The molecule has 0 atom stereocenters. The summed E-state index contributed by atoms with van der Waals surface area (Å²) in [5, 5.41) is 8.35. The van der Waals surface area contributed by atoms with Crippen molar-refractivity contribution in [1.29, 1.82) is 0 Å². The summed E-state index contributed by atoms with van der Waals surface area (Å²) in [5.41, 5.74) is 1.88. The molecule has 2 rings (SSSR count). The van der Waals surface area contributed by atoms with Crippen LogP contribution in [-0.2, 0) is 13.6 Å². The molecule has 3 nitrogen and oxygen atoms in total. The summed E-state index contributed by atoms with van der Waals surface area (Å²) in [6.07, 6.45) is 1.76. The van der Waals surface area contributed by atoms with Crippen molar-refractivity contribution >= 4 is 44.8 Å². The fraction of sp³-hybridized carbons (Fsp3) is 0.182. The maximum Gasteiger partial charge on any atom is 0.0835 e. The number of rotatable bonds is 3. The molecule has 0 radical (unpaired) electrons. The van der Waals surface area contributed by atoms with Crippen LogP contribution in [-0.4, -0.2) is 9.78 Å². The Kier molecular flexibility index (Phi) is 3.97. The highest BCUT2D eigenvalue weighted by Crippen LogP contribution is 2.35. The number of nitrogens with zero attached hydrogens (tertiary/aromatic N) is 2. The lowest BCUT2D eigenvalue weighted by Gasteiger charge is -2.10. The maximum absolute atomic E-state index is 6.13. The van der Waals surface area contributed by atoms with Crippen molar-refractivity contribution in [2.75, 3.05) is 5.32 Å². The molecule has 6 heteroatoms. The van der Waals surface area contributed by atoms with E-state index in [0.29, 0.717) is 16.6 Å². The Morgan fingerprint density at radius 1 is 1.29 bits per heavy atom. The van der Waals surface area contributed by atoms with Gasteiger partial charge in [0.1, 0.15) is 0 Å². The minimum atomic E-state index is 0.515. The number of anilines is 1. The van der Waals surface area contributed by atoms with Gasteiger partial charge in [0.05, 0.1) is 28.0 Å². The fourth-order valence-corrected chi connectivity index (χ4v) is 2.26. The lowest BCUT2D eigenvalue weighted by Crippen LogP contribution is -2.05. The topological polar surface area (TPSA) is 29.9 Å². The van der Waals surface area contributed by atoms with Gasteiger partial charge in [0.2, 0.25) is 0 Å². The Hall–Kier alpha value is -0.710. The van der Waals surface area contributed by atoms with Gasteiger partial charge in [-0.3, -0.25) is 4.68 Å². The summed E-state index contributed by atoms with van der Waals surface area (Å²) in [5.74, 6) is 0. The molecule has 0 fully saturated rings. The molecule has 0 aliphatic heterocycles. The molecule has 0 saturated carbocycles. The Morgan fingerprint density at radius 2 is 2.06 bits per heavy atom. The molecule has 1 heterocycles. The van der Waals surface area contributed by atoms with Crippen LogP contribution in [0.15, 0.2) is 28.9 Å². The third-order valence-corrected chi connectivity index (χ3v) is 4.19. The van der Waals surface area contributed by atoms with Crippen molar-refractivity contribution in [3.63, 3.8) is 0 Å². The second-order valence-corrected chi connectivity index (χ2v) is 5.13. The SMILES string of the molecule is Cn1nccc1CNc1ccc(Br)c(Cl)c1Cl. The van der Waals surface area contributed by atoms with E-state index in [1.54, 1.807) is 10.9 Å². The minimum absolute atomic E-state index is 0.515. The largest absolute Gasteiger partial charge is 0.378 e. The van der Waals surface area contributed by atoms with Gasteiger partial charge in [-0.05, 0) is 34.1 Å². The molecule has 0 unspecified atom stereocenters. The second-order valence-electron chi connectivity index (χ2n) is 3.52. The molecule has 1 aromatic carbocycles. The number of nitrogens with one attached hydrogen (secondary N) is 1. The summed E-state index contributed by atoms with van der Waals surface area (Å²) >= 11 is 15.5. The average molecular weight is 335 g/mol. The van der Waals surface area contributed by atoms with Crippen molar-refractivity contribution in [1.82, 2.24) is 9.78 Å². The van der Waals surface area contributed by atoms with Crippen LogP contribution in [0.3, 0.4) is 0 Å². The van der Waals surface area contributed by atoms with Crippen LogP contribution >= 0.6 is 39.1 Å². The Bertz CT molecular complexity index is 540. The molecule has 0 bridgehead atoms. The summed E-state index contributed by atoms with van der Waals surface area (Å²) in [4.78, 5) is 0. The zero-order valence-corrected chi connectivity index (χ0v) is 12.1. The van der Waals surface area contributed by atoms with Gasteiger partial charge in [0.15, 0.2) is 0 Å². The zero-order valence-electron chi connectivity index (χ0n) is 9.04. The molecular weight excluding hydrogens is 325 g/mol. The molecule has 17 heavy (non-hydrogen) atoms. The van der Waals surface area contributed by atoms with Gasteiger partial charge >= 0.3 is 0 Å². The van der Waals surface area contributed by atoms with Crippen molar-refractivity contribution in [3.8, 4) is 0 Å². The monoisotopic (exact) mass is 333 g/mol. The van der Waals surface area contributed by atoms with Crippen LogP contribution in [0.1, 0.15) is 5.69 Å². The summed E-state index contributed by atoms with van der Waals surface area (Å²) in [7, 11) is 1.90. The quantitative estimate of drug-likeness (QED) is 0.856. The number of aryl methyl sites for hydroxylation is 1. The van der Waals surface area contributed by atoms with E-state index in [1.807, 2.05) is 25.2 Å². The van der Waals surface area contributed by atoms with Gasteiger partial charge in [-0.1, -0.05) is 23.2 Å². The Balaban J connectivity index is 2.15.